The first-order chi connectivity index (χ1) is 7.18. The summed E-state index contributed by atoms with van der Waals surface area (Å²) in [5.74, 6) is 0.841. The van der Waals surface area contributed by atoms with Gasteiger partial charge in [0, 0.05) is 19.1 Å². The van der Waals surface area contributed by atoms with E-state index in [1.165, 1.54) is 51.9 Å². The summed E-state index contributed by atoms with van der Waals surface area (Å²) in [6.07, 6.45) is 5.47. The second-order valence-electron chi connectivity index (χ2n) is 5.38. The molecule has 15 heavy (non-hydrogen) atoms. The van der Waals surface area contributed by atoms with E-state index in [9.17, 15) is 0 Å². The number of likely N-dealkylation sites (tertiary alicyclic amines) is 1. The van der Waals surface area contributed by atoms with Gasteiger partial charge in [-0.05, 0) is 51.6 Å². The third kappa shape index (κ3) is 6.16. The third-order valence-electron chi connectivity index (χ3n) is 3.30. The fourth-order valence-corrected chi connectivity index (χ4v) is 2.16. The van der Waals surface area contributed by atoms with Gasteiger partial charge in [0.05, 0.1) is 0 Å². The molecule has 0 spiro atoms. The van der Waals surface area contributed by atoms with Gasteiger partial charge in [0.1, 0.15) is 0 Å². The van der Waals surface area contributed by atoms with E-state index < -0.39 is 0 Å². The van der Waals surface area contributed by atoms with Gasteiger partial charge in [-0.1, -0.05) is 13.8 Å². The molecule has 1 fully saturated rings. The van der Waals surface area contributed by atoms with Crippen LogP contribution in [0.25, 0.3) is 0 Å². The van der Waals surface area contributed by atoms with Gasteiger partial charge in [0.15, 0.2) is 0 Å². The van der Waals surface area contributed by atoms with E-state index in [4.69, 9.17) is 0 Å². The smallest absolute Gasteiger partial charge is 0.0107 e. The Hall–Kier alpha value is -0.0800. The summed E-state index contributed by atoms with van der Waals surface area (Å²) in [7, 11) is 0. The third-order valence-corrected chi connectivity index (χ3v) is 3.30. The highest BCUT2D eigenvalue weighted by molar-refractivity contribution is 4.68. The number of rotatable bonds is 7. The van der Waals surface area contributed by atoms with Crippen LogP contribution in [-0.2, 0) is 0 Å². The van der Waals surface area contributed by atoms with Crippen LogP contribution in [-0.4, -0.2) is 37.1 Å². The summed E-state index contributed by atoms with van der Waals surface area (Å²) in [6.45, 7) is 12.0. The fourth-order valence-electron chi connectivity index (χ4n) is 2.16. The predicted octanol–water partition coefficient (Wildman–Crippen LogP) is 2.50. The molecule has 1 heterocycles. The molecule has 1 unspecified atom stereocenters. The van der Waals surface area contributed by atoms with Gasteiger partial charge in [0.25, 0.3) is 0 Å². The topological polar surface area (TPSA) is 15.3 Å². The molecule has 1 aliphatic heterocycles. The van der Waals surface area contributed by atoms with Crippen molar-refractivity contribution in [2.24, 2.45) is 5.92 Å². The van der Waals surface area contributed by atoms with E-state index in [0.717, 1.165) is 5.92 Å². The Kier molecular flexibility index (Phi) is 6.26. The Morgan fingerprint density at radius 1 is 1.07 bits per heavy atom. The Labute approximate surface area is 95.4 Å². The average Bonchev–Trinajstić information content (AvgIpc) is 2.67. The van der Waals surface area contributed by atoms with Crippen molar-refractivity contribution in [2.75, 3.05) is 26.2 Å². The van der Waals surface area contributed by atoms with Crippen LogP contribution in [0.1, 0.15) is 46.5 Å². The first-order valence-electron chi connectivity index (χ1n) is 6.64. The van der Waals surface area contributed by atoms with Crippen molar-refractivity contribution in [3.63, 3.8) is 0 Å². The summed E-state index contributed by atoms with van der Waals surface area (Å²) in [6, 6.07) is 0.690. The van der Waals surface area contributed by atoms with Gasteiger partial charge in [-0.2, -0.15) is 0 Å². The van der Waals surface area contributed by atoms with Crippen molar-refractivity contribution in [1.29, 1.82) is 0 Å². The molecule has 0 aromatic carbocycles. The van der Waals surface area contributed by atoms with Crippen molar-refractivity contribution in [1.82, 2.24) is 10.2 Å². The zero-order valence-electron chi connectivity index (χ0n) is 10.8. The normalized spacial score (nSPS) is 20.0. The van der Waals surface area contributed by atoms with Crippen molar-refractivity contribution in [2.45, 2.75) is 52.5 Å². The maximum absolute atomic E-state index is 3.62. The minimum Gasteiger partial charge on any atom is -0.313 e. The minimum absolute atomic E-state index is 0.690. The molecule has 0 radical (unpaired) electrons. The molecule has 1 N–H and O–H groups in total. The lowest BCUT2D eigenvalue weighted by atomic mass is 10.0. The summed E-state index contributed by atoms with van der Waals surface area (Å²) in [5, 5.41) is 3.62. The average molecular weight is 212 g/mol. The second-order valence-corrected chi connectivity index (χ2v) is 5.38. The van der Waals surface area contributed by atoms with Crippen molar-refractivity contribution >= 4 is 0 Å². The van der Waals surface area contributed by atoms with Crippen LogP contribution in [0.5, 0.6) is 0 Å². The van der Waals surface area contributed by atoms with Crippen molar-refractivity contribution in [3.8, 4) is 0 Å². The van der Waals surface area contributed by atoms with Gasteiger partial charge >= 0.3 is 0 Å². The van der Waals surface area contributed by atoms with Gasteiger partial charge in [-0.25, -0.2) is 0 Å². The maximum atomic E-state index is 3.62. The molecule has 1 rings (SSSR count). The Morgan fingerprint density at radius 2 is 1.73 bits per heavy atom. The molecule has 1 aliphatic rings. The van der Waals surface area contributed by atoms with E-state index >= 15 is 0 Å². The first kappa shape index (κ1) is 13.0. The molecule has 2 nitrogen and oxygen atoms in total. The fraction of sp³-hybridized carbons (Fsp3) is 1.00. The molecule has 0 aromatic rings. The maximum Gasteiger partial charge on any atom is 0.0107 e. The van der Waals surface area contributed by atoms with Crippen LogP contribution in [0.15, 0.2) is 0 Å². The SMILES string of the molecule is CC(C)CCC(C)NCCN1CCCC1. The molecule has 2 heteroatoms. The first-order valence-corrected chi connectivity index (χ1v) is 6.64. The van der Waals surface area contributed by atoms with Crippen molar-refractivity contribution in [3.05, 3.63) is 0 Å². The lowest BCUT2D eigenvalue weighted by Gasteiger charge is -2.18. The van der Waals surface area contributed by atoms with Gasteiger partial charge in [-0.3, -0.25) is 0 Å². The minimum atomic E-state index is 0.690. The zero-order chi connectivity index (χ0) is 11.1. The number of nitrogens with zero attached hydrogens (tertiary/aromatic N) is 1. The second kappa shape index (κ2) is 7.24. The lowest BCUT2D eigenvalue weighted by Crippen LogP contribution is -2.34. The number of hydrogen-bond donors (Lipinski definition) is 1. The molecule has 1 saturated heterocycles. The van der Waals surface area contributed by atoms with E-state index in [1.807, 2.05) is 0 Å². The molecule has 0 saturated carbocycles. The van der Waals surface area contributed by atoms with Crippen LogP contribution >= 0.6 is 0 Å². The van der Waals surface area contributed by atoms with Gasteiger partial charge in [0.2, 0.25) is 0 Å². The van der Waals surface area contributed by atoms with Crippen LogP contribution in [0.4, 0.5) is 0 Å². The molecule has 0 bridgehead atoms. The van der Waals surface area contributed by atoms with Crippen LogP contribution in [0.3, 0.4) is 0 Å². The predicted molar refractivity (Wildman–Crippen MR) is 67.2 cm³/mol. The molecule has 90 valence electrons. The van der Waals surface area contributed by atoms with E-state index in [1.54, 1.807) is 0 Å². The van der Waals surface area contributed by atoms with E-state index in [0.29, 0.717) is 6.04 Å². The van der Waals surface area contributed by atoms with Crippen molar-refractivity contribution < 1.29 is 0 Å². The van der Waals surface area contributed by atoms with Gasteiger partial charge in [-0.15, -0.1) is 0 Å². The highest BCUT2D eigenvalue weighted by atomic mass is 15.1. The molecular formula is C13H28N2. The Balaban J connectivity index is 1.93. The summed E-state index contributed by atoms with van der Waals surface area (Å²) in [4.78, 5) is 2.57. The standard InChI is InChI=1S/C13H28N2/c1-12(2)6-7-13(3)14-8-11-15-9-4-5-10-15/h12-14H,4-11H2,1-3H3. The quantitative estimate of drug-likeness (QED) is 0.697. The number of hydrogen-bond acceptors (Lipinski definition) is 2. The molecule has 0 aromatic heterocycles. The highest BCUT2D eigenvalue weighted by Crippen LogP contribution is 2.07. The van der Waals surface area contributed by atoms with E-state index in [2.05, 4.69) is 31.0 Å². The summed E-state index contributed by atoms with van der Waals surface area (Å²) < 4.78 is 0. The monoisotopic (exact) mass is 212 g/mol. The zero-order valence-corrected chi connectivity index (χ0v) is 10.8. The highest BCUT2D eigenvalue weighted by Gasteiger charge is 2.10. The summed E-state index contributed by atoms with van der Waals surface area (Å²) >= 11 is 0. The largest absolute Gasteiger partial charge is 0.313 e. The lowest BCUT2D eigenvalue weighted by molar-refractivity contribution is 0.324. The molecule has 1 atom stereocenters. The van der Waals surface area contributed by atoms with E-state index in [-0.39, 0.29) is 0 Å². The van der Waals surface area contributed by atoms with Crippen LogP contribution < -0.4 is 5.32 Å². The summed E-state index contributed by atoms with van der Waals surface area (Å²) in [5.41, 5.74) is 0. The van der Waals surface area contributed by atoms with Crippen LogP contribution in [0, 0.1) is 5.92 Å². The number of nitrogens with one attached hydrogen (secondary N) is 1. The molecular weight excluding hydrogens is 184 g/mol. The Morgan fingerprint density at radius 3 is 2.33 bits per heavy atom. The van der Waals surface area contributed by atoms with Crippen LogP contribution in [0.2, 0.25) is 0 Å². The molecule has 0 amide bonds. The Bertz CT molecular complexity index is 151. The molecule has 0 aliphatic carbocycles. The van der Waals surface area contributed by atoms with Gasteiger partial charge < -0.3 is 10.2 Å².